The lowest BCUT2D eigenvalue weighted by atomic mass is 9.98. The van der Waals surface area contributed by atoms with Crippen LogP contribution in [0.25, 0.3) is 11.0 Å². The van der Waals surface area contributed by atoms with Gasteiger partial charge in [-0.25, -0.2) is 4.79 Å². The first-order chi connectivity index (χ1) is 10.2. The van der Waals surface area contributed by atoms with Crippen LogP contribution in [0.5, 0.6) is 0 Å². The highest BCUT2D eigenvalue weighted by Gasteiger charge is 2.20. The molecule has 1 unspecified atom stereocenters. The van der Waals surface area contributed by atoms with Crippen LogP contribution in [-0.2, 0) is 6.54 Å². The fourth-order valence-electron chi connectivity index (χ4n) is 3.02. The fourth-order valence-corrected chi connectivity index (χ4v) is 3.36. The van der Waals surface area contributed by atoms with Crippen molar-refractivity contribution < 1.29 is 9.52 Å². The lowest BCUT2D eigenvalue weighted by molar-refractivity contribution is 0.116. The second-order valence-electron chi connectivity index (χ2n) is 5.66. The van der Waals surface area contributed by atoms with Gasteiger partial charge in [0.25, 0.3) is 0 Å². The van der Waals surface area contributed by atoms with E-state index in [1.165, 1.54) is 0 Å². The molecule has 1 saturated heterocycles. The number of nitrogens with zero attached hydrogens (tertiary/aromatic N) is 1. The monoisotopic (exact) mass is 351 g/mol. The Labute approximate surface area is 131 Å². The molecule has 5 heteroatoms. The third kappa shape index (κ3) is 3.36. The lowest BCUT2D eigenvalue weighted by Crippen LogP contribution is -2.36. The van der Waals surface area contributed by atoms with Crippen LogP contribution in [0.15, 0.2) is 37.9 Å². The maximum Gasteiger partial charge on any atom is 0.336 e. The summed E-state index contributed by atoms with van der Waals surface area (Å²) in [6.45, 7) is 2.85. The molecule has 0 amide bonds. The maximum atomic E-state index is 11.7. The average molecular weight is 352 g/mol. The number of aliphatic hydroxyl groups excluding tert-OH is 1. The molecule has 1 atom stereocenters. The van der Waals surface area contributed by atoms with Gasteiger partial charge in [0.2, 0.25) is 0 Å². The van der Waals surface area contributed by atoms with Crippen LogP contribution in [0.1, 0.15) is 18.4 Å². The largest absolute Gasteiger partial charge is 0.423 e. The zero-order chi connectivity index (χ0) is 14.8. The first-order valence-corrected chi connectivity index (χ1v) is 8.00. The van der Waals surface area contributed by atoms with Gasteiger partial charge in [0.1, 0.15) is 5.58 Å². The highest BCUT2D eigenvalue weighted by Crippen LogP contribution is 2.24. The smallest absolute Gasteiger partial charge is 0.336 e. The molecule has 2 aromatic rings. The number of halogens is 1. The zero-order valence-corrected chi connectivity index (χ0v) is 13.3. The van der Waals surface area contributed by atoms with Crippen LogP contribution >= 0.6 is 15.9 Å². The van der Waals surface area contributed by atoms with Crippen LogP contribution in [0.2, 0.25) is 0 Å². The SMILES string of the molecule is O=c1cc(CN2CCCC(CO)C2)c2ccc(Br)cc2o1. The van der Waals surface area contributed by atoms with Crippen LogP contribution in [0.4, 0.5) is 0 Å². The molecular formula is C16H18BrNO3. The number of hydrogen-bond donors (Lipinski definition) is 1. The first-order valence-electron chi connectivity index (χ1n) is 7.21. The van der Waals surface area contributed by atoms with Crippen molar-refractivity contribution >= 4 is 26.9 Å². The molecule has 4 nitrogen and oxygen atoms in total. The Kier molecular flexibility index (Phi) is 4.42. The van der Waals surface area contributed by atoms with Crippen molar-refractivity contribution in [2.75, 3.05) is 19.7 Å². The summed E-state index contributed by atoms with van der Waals surface area (Å²) < 4.78 is 6.17. The van der Waals surface area contributed by atoms with Crippen LogP contribution < -0.4 is 5.63 Å². The minimum atomic E-state index is -0.314. The molecule has 1 aromatic carbocycles. The van der Waals surface area contributed by atoms with Crippen molar-refractivity contribution in [2.24, 2.45) is 5.92 Å². The lowest BCUT2D eigenvalue weighted by Gasteiger charge is -2.31. The van der Waals surface area contributed by atoms with E-state index < -0.39 is 0 Å². The average Bonchev–Trinajstić information content (AvgIpc) is 2.46. The minimum absolute atomic E-state index is 0.237. The predicted molar refractivity (Wildman–Crippen MR) is 85.3 cm³/mol. The third-order valence-corrected chi connectivity index (χ3v) is 4.54. The van der Waals surface area contributed by atoms with Gasteiger partial charge in [-0.15, -0.1) is 0 Å². The summed E-state index contributed by atoms with van der Waals surface area (Å²) in [5.41, 5.74) is 1.29. The van der Waals surface area contributed by atoms with E-state index in [1.807, 2.05) is 18.2 Å². The third-order valence-electron chi connectivity index (χ3n) is 4.05. The maximum absolute atomic E-state index is 11.7. The van der Waals surface area contributed by atoms with Gasteiger partial charge in [0.15, 0.2) is 0 Å². The van der Waals surface area contributed by atoms with Crippen molar-refractivity contribution in [3.63, 3.8) is 0 Å². The van der Waals surface area contributed by atoms with E-state index in [4.69, 9.17) is 4.42 Å². The molecule has 21 heavy (non-hydrogen) atoms. The fraction of sp³-hybridized carbons (Fsp3) is 0.438. The number of likely N-dealkylation sites (tertiary alicyclic amines) is 1. The Morgan fingerprint density at radius 1 is 1.38 bits per heavy atom. The number of aliphatic hydroxyl groups is 1. The summed E-state index contributed by atoms with van der Waals surface area (Å²) in [7, 11) is 0. The molecular weight excluding hydrogens is 334 g/mol. The van der Waals surface area contributed by atoms with Crippen molar-refractivity contribution in [1.82, 2.24) is 4.90 Å². The predicted octanol–water partition coefficient (Wildman–Crippen LogP) is 2.76. The number of piperidine rings is 1. The molecule has 1 aromatic heterocycles. The first kappa shape index (κ1) is 14.8. The number of hydrogen-bond acceptors (Lipinski definition) is 4. The van der Waals surface area contributed by atoms with Gasteiger partial charge in [0, 0.05) is 35.6 Å². The van der Waals surface area contributed by atoms with Gasteiger partial charge in [0.05, 0.1) is 0 Å². The molecule has 1 aliphatic rings. The van der Waals surface area contributed by atoms with Crippen LogP contribution in [0.3, 0.4) is 0 Å². The van der Waals surface area contributed by atoms with Gasteiger partial charge >= 0.3 is 5.63 Å². The molecule has 1 N–H and O–H groups in total. The molecule has 2 heterocycles. The standard InChI is InChI=1S/C16H18BrNO3/c17-13-3-4-14-12(6-16(20)21-15(14)7-13)9-18-5-1-2-11(8-18)10-19/h3-4,6-7,11,19H,1-2,5,8-10H2. The van der Waals surface area contributed by atoms with E-state index in [2.05, 4.69) is 20.8 Å². The highest BCUT2D eigenvalue weighted by atomic mass is 79.9. The normalized spacial score (nSPS) is 20.0. The quantitative estimate of drug-likeness (QED) is 0.864. The van der Waals surface area contributed by atoms with E-state index in [9.17, 15) is 9.90 Å². The number of rotatable bonds is 3. The Bertz CT molecular complexity index is 697. The van der Waals surface area contributed by atoms with Crippen molar-refractivity contribution in [1.29, 1.82) is 0 Å². The van der Waals surface area contributed by atoms with E-state index in [-0.39, 0.29) is 12.2 Å². The molecule has 0 spiro atoms. The highest BCUT2D eigenvalue weighted by molar-refractivity contribution is 9.10. The minimum Gasteiger partial charge on any atom is -0.423 e. The summed E-state index contributed by atoms with van der Waals surface area (Å²) in [5, 5.41) is 10.3. The molecule has 0 bridgehead atoms. The molecule has 0 saturated carbocycles. The number of fused-ring (bicyclic) bond motifs is 1. The summed E-state index contributed by atoms with van der Waals surface area (Å²) in [4.78, 5) is 14.0. The molecule has 112 valence electrons. The molecule has 1 fully saturated rings. The summed E-state index contributed by atoms with van der Waals surface area (Å²) in [6, 6.07) is 7.34. The zero-order valence-electron chi connectivity index (χ0n) is 11.7. The van der Waals surface area contributed by atoms with Gasteiger partial charge < -0.3 is 9.52 Å². The Hall–Kier alpha value is -1.17. The Balaban J connectivity index is 1.91. The molecule has 3 rings (SSSR count). The summed E-state index contributed by atoms with van der Waals surface area (Å²) in [5.74, 6) is 0.347. The summed E-state index contributed by atoms with van der Waals surface area (Å²) in [6.07, 6.45) is 2.17. The van der Waals surface area contributed by atoms with Crippen LogP contribution in [0, 0.1) is 5.92 Å². The van der Waals surface area contributed by atoms with E-state index in [0.29, 0.717) is 11.5 Å². The van der Waals surface area contributed by atoms with Gasteiger partial charge in [-0.1, -0.05) is 15.9 Å². The Morgan fingerprint density at radius 3 is 3.05 bits per heavy atom. The molecule has 1 aliphatic heterocycles. The topological polar surface area (TPSA) is 53.7 Å². The van der Waals surface area contributed by atoms with E-state index in [0.717, 1.165) is 47.9 Å². The van der Waals surface area contributed by atoms with Gasteiger partial charge in [-0.3, -0.25) is 4.90 Å². The van der Waals surface area contributed by atoms with Gasteiger partial charge in [-0.2, -0.15) is 0 Å². The summed E-state index contributed by atoms with van der Waals surface area (Å²) >= 11 is 3.40. The number of benzene rings is 1. The molecule has 0 aliphatic carbocycles. The van der Waals surface area contributed by atoms with Crippen molar-refractivity contribution in [3.8, 4) is 0 Å². The van der Waals surface area contributed by atoms with Crippen molar-refractivity contribution in [2.45, 2.75) is 19.4 Å². The second-order valence-corrected chi connectivity index (χ2v) is 6.57. The molecule has 0 radical (unpaired) electrons. The second kappa shape index (κ2) is 6.30. The van der Waals surface area contributed by atoms with E-state index in [1.54, 1.807) is 6.07 Å². The van der Waals surface area contributed by atoms with Crippen LogP contribution in [-0.4, -0.2) is 29.7 Å². The van der Waals surface area contributed by atoms with E-state index >= 15 is 0 Å². The Morgan fingerprint density at radius 2 is 2.24 bits per heavy atom. The van der Waals surface area contributed by atoms with Crippen molar-refractivity contribution in [3.05, 3.63) is 44.7 Å². The van der Waals surface area contributed by atoms with Gasteiger partial charge in [-0.05, 0) is 49.1 Å².